The molecule has 0 unspecified atom stereocenters. The van der Waals surface area contributed by atoms with Gasteiger partial charge in [0.1, 0.15) is 18.6 Å². The molecule has 0 bridgehead atoms. The first-order valence-electron chi connectivity index (χ1n) is 7.38. The van der Waals surface area contributed by atoms with Gasteiger partial charge in [0, 0.05) is 24.4 Å². The van der Waals surface area contributed by atoms with Crippen molar-refractivity contribution >= 4 is 23.4 Å². The molecular weight excluding hydrogens is 326 g/mol. The van der Waals surface area contributed by atoms with E-state index in [9.17, 15) is 4.79 Å². The fraction of sp³-hybridized carbons (Fsp3) is 0.235. The molecule has 0 N–H and O–H groups in total. The van der Waals surface area contributed by atoms with Crippen LogP contribution in [0.2, 0.25) is 0 Å². The highest BCUT2D eigenvalue weighted by Gasteiger charge is 2.10. The number of rotatable bonds is 5. The van der Waals surface area contributed by atoms with Crippen molar-refractivity contribution in [3.05, 3.63) is 52.5 Å². The van der Waals surface area contributed by atoms with Crippen LogP contribution in [0.25, 0.3) is 16.8 Å². The molecule has 0 atom stereocenters. The number of esters is 1. The van der Waals surface area contributed by atoms with Gasteiger partial charge in [-0.25, -0.2) is 9.78 Å². The number of aryl methyl sites for hydroxylation is 2. The molecule has 3 rings (SSSR count). The minimum Gasteiger partial charge on any atom is -0.456 e. The van der Waals surface area contributed by atoms with Gasteiger partial charge in [0.05, 0.1) is 10.6 Å². The van der Waals surface area contributed by atoms with E-state index in [-0.39, 0.29) is 6.61 Å². The first-order chi connectivity index (χ1) is 11.5. The van der Waals surface area contributed by atoms with Crippen molar-refractivity contribution in [2.75, 3.05) is 0 Å². The van der Waals surface area contributed by atoms with Crippen LogP contribution < -0.4 is 0 Å². The predicted octanol–water partition coefficient (Wildman–Crippen LogP) is 3.51. The van der Waals surface area contributed by atoms with Crippen LogP contribution in [0, 0.1) is 13.8 Å². The summed E-state index contributed by atoms with van der Waals surface area (Å²) in [5.41, 5.74) is 3.37. The lowest BCUT2D eigenvalue weighted by molar-refractivity contribution is -0.139. The van der Waals surface area contributed by atoms with E-state index in [4.69, 9.17) is 9.15 Å². The van der Waals surface area contributed by atoms with Crippen molar-refractivity contribution in [1.82, 2.24) is 14.8 Å². The minimum absolute atomic E-state index is 0.0725. The summed E-state index contributed by atoms with van der Waals surface area (Å²) in [5.74, 6) is 0.103. The highest BCUT2D eigenvalue weighted by molar-refractivity contribution is 7.13. The predicted molar refractivity (Wildman–Crippen MR) is 91.3 cm³/mol. The zero-order valence-electron chi connectivity index (χ0n) is 13.6. The average Bonchev–Trinajstić information content (AvgIpc) is 3.27. The Balaban J connectivity index is 1.59. The third-order valence-electron chi connectivity index (χ3n) is 3.60. The normalized spacial score (nSPS) is 11.3. The molecule has 0 spiro atoms. The van der Waals surface area contributed by atoms with Crippen LogP contribution in [-0.2, 0) is 23.2 Å². The molecule has 0 aliphatic rings. The van der Waals surface area contributed by atoms with E-state index in [1.54, 1.807) is 22.1 Å². The van der Waals surface area contributed by atoms with Crippen LogP contribution in [0.5, 0.6) is 0 Å². The number of thiophene rings is 1. The van der Waals surface area contributed by atoms with Crippen molar-refractivity contribution in [3.8, 4) is 10.8 Å². The maximum absolute atomic E-state index is 11.9. The molecular formula is C17H17N3O3S. The summed E-state index contributed by atoms with van der Waals surface area (Å²) >= 11 is 1.54. The summed E-state index contributed by atoms with van der Waals surface area (Å²) in [6, 6.07) is 3.85. The standard InChI is InChI=1S/C17H17N3O3S/c1-11-14(12(2)20(3)19-11)6-7-16(21)22-9-13-10-23-17(18-13)15-5-4-8-24-15/h4-8,10H,9H2,1-3H3/b7-6-. The van der Waals surface area contributed by atoms with E-state index < -0.39 is 5.97 Å². The Kier molecular flexibility index (Phi) is 4.61. The number of hydrogen-bond acceptors (Lipinski definition) is 6. The molecule has 0 saturated carbocycles. The lowest BCUT2D eigenvalue weighted by atomic mass is 10.2. The zero-order chi connectivity index (χ0) is 17.1. The molecule has 3 aromatic rings. The van der Waals surface area contributed by atoms with Crippen molar-refractivity contribution in [3.63, 3.8) is 0 Å². The quantitative estimate of drug-likeness (QED) is 0.524. The largest absolute Gasteiger partial charge is 0.456 e. The lowest BCUT2D eigenvalue weighted by Crippen LogP contribution is -2.01. The molecule has 6 nitrogen and oxygen atoms in total. The van der Waals surface area contributed by atoms with E-state index in [1.807, 2.05) is 38.4 Å². The van der Waals surface area contributed by atoms with Gasteiger partial charge < -0.3 is 9.15 Å². The van der Waals surface area contributed by atoms with E-state index in [0.717, 1.165) is 21.8 Å². The Morgan fingerprint density at radius 3 is 2.96 bits per heavy atom. The molecule has 0 amide bonds. The third kappa shape index (κ3) is 3.46. The average molecular weight is 343 g/mol. The van der Waals surface area contributed by atoms with Gasteiger partial charge in [-0.2, -0.15) is 5.10 Å². The van der Waals surface area contributed by atoms with Gasteiger partial charge in [0.15, 0.2) is 0 Å². The molecule has 7 heteroatoms. The summed E-state index contributed by atoms with van der Waals surface area (Å²) in [6.07, 6.45) is 4.62. The summed E-state index contributed by atoms with van der Waals surface area (Å²) in [4.78, 5) is 17.1. The molecule has 3 heterocycles. The first-order valence-corrected chi connectivity index (χ1v) is 8.26. The van der Waals surface area contributed by atoms with Gasteiger partial charge in [0.25, 0.3) is 0 Å². The van der Waals surface area contributed by atoms with Gasteiger partial charge in [-0.3, -0.25) is 4.68 Å². The van der Waals surface area contributed by atoms with Crippen molar-refractivity contribution in [2.24, 2.45) is 7.05 Å². The van der Waals surface area contributed by atoms with E-state index in [0.29, 0.717) is 11.6 Å². The number of hydrogen-bond donors (Lipinski definition) is 0. The summed E-state index contributed by atoms with van der Waals surface area (Å²) in [7, 11) is 1.87. The third-order valence-corrected chi connectivity index (χ3v) is 4.45. The SMILES string of the molecule is Cc1nn(C)c(C)c1/C=C\C(=O)OCc1coc(-c2cccs2)n1. The van der Waals surface area contributed by atoms with Gasteiger partial charge >= 0.3 is 5.97 Å². The molecule has 0 aliphatic heterocycles. The van der Waals surface area contributed by atoms with Gasteiger partial charge in [-0.15, -0.1) is 11.3 Å². The van der Waals surface area contributed by atoms with Crippen LogP contribution in [0.1, 0.15) is 22.6 Å². The summed E-state index contributed by atoms with van der Waals surface area (Å²) < 4.78 is 12.4. The number of nitrogens with zero attached hydrogens (tertiary/aromatic N) is 3. The zero-order valence-corrected chi connectivity index (χ0v) is 14.5. The number of carbonyl (C=O) groups is 1. The van der Waals surface area contributed by atoms with Gasteiger partial charge in [-0.1, -0.05) is 6.07 Å². The second-order valence-electron chi connectivity index (χ2n) is 5.27. The Hall–Kier alpha value is -2.67. The molecule has 3 aromatic heterocycles. The Bertz CT molecular complexity index is 875. The van der Waals surface area contributed by atoms with Crippen LogP contribution in [0.4, 0.5) is 0 Å². The van der Waals surface area contributed by atoms with Crippen molar-refractivity contribution in [2.45, 2.75) is 20.5 Å². The Morgan fingerprint density at radius 1 is 1.46 bits per heavy atom. The summed E-state index contributed by atoms with van der Waals surface area (Å²) in [6.45, 7) is 3.93. The molecule has 0 aliphatic carbocycles. The van der Waals surface area contributed by atoms with Crippen LogP contribution >= 0.6 is 11.3 Å². The maximum Gasteiger partial charge on any atom is 0.331 e. The molecule has 124 valence electrons. The Labute approximate surface area is 143 Å². The highest BCUT2D eigenvalue weighted by atomic mass is 32.1. The monoisotopic (exact) mass is 343 g/mol. The van der Waals surface area contributed by atoms with Crippen LogP contribution in [0.3, 0.4) is 0 Å². The van der Waals surface area contributed by atoms with Gasteiger partial charge in [0.2, 0.25) is 5.89 Å². The minimum atomic E-state index is -0.432. The van der Waals surface area contributed by atoms with Crippen molar-refractivity contribution < 1.29 is 13.9 Å². The lowest BCUT2D eigenvalue weighted by Gasteiger charge is -1.98. The molecule has 0 aromatic carbocycles. The number of ether oxygens (including phenoxy) is 1. The molecule has 24 heavy (non-hydrogen) atoms. The second kappa shape index (κ2) is 6.84. The van der Waals surface area contributed by atoms with E-state index in [1.165, 1.54) is 12.3 Å². The highest BCUT2D eigenvalue weighted by Crippen LogP contribution is 2.23. The van der Waals surface area contributed by atoms with E-state index in [2.05, 4.69) is 10.1 Å². The smallest absolute Gasteiger partial charge is 0.331 e. The Morgan fingerprint density at radius 2 is 2.29 bits per heavy atom. The topological polar surface area (TPSA) is 70.2 Å². The fourth-order valence-electron chi connectivity index (χ4n) is 2.26. The van der Waals surface area contributed by atoms with Gasteiger partial charge in [-0.05, 0) is 31.4 Å². The molecule has 0 saturated heterocycles. The van der Waals surface area contributed by atoms with Crippen LogP contribution in [-0.4, -0.2) is 20.7 Å². The number of oxazole rings is 1. The second-order valence-corrected chi connectivity index (χ2v) is 6.22. The van der Waals surface area contributed by atoms with Crippen LogP contribution in [0.15, 0.2) is 34.3 Å². The van der Waals surface area contributed by atoms with E-state index >= 15 is 0 Å². The first kappa shape index (κ1) is 16.2. The van der Waals surface area contributed by atoms with Crippen molar-refractivity contribution in [1.29, 1.82) is 0 Å². The summed E-state index contributed by atoms with van der Waals surface area (Å²) in [5, 5.41) is 6.25. The molecule has 0 fully saturated rings. The number of carbonyl (C=O) groups excluding carboxylic acids is 1. The molecule has 0 radical (unpaired) electrons. The number of aromatic nitrogens is 3. The maximum atomic E-state index is 11.9. The fourth-order valence-corrected chi connectivity index (χ4v) is 2.92.